The van der Waals surface area contributed by atoms with E-state index < -0.39 is 5.97 Å². The molecular formula is C9H14N2O3. The van der Waals surface area contributed by atoms with E-state index in [9.17, 15) is 4.79 Å². The molecule has 5 heteroatoms. The van der Waals surface area contributed by atoms with E-state index in [1.165, 1.54) is 0 Å². The van der Waals surface area contributed by atoms with Gasteiger partial charge in [0.15, 0.2) is 0 Å². The van der Waals surface area contributed by atoms with Crippen LogP contribution in [0.3, 0.4) is 0 Å². The van der Waals surface area contributed by atoms with Gasteiger partial charge in [0.05, 0.1) is 18.7 Å². The smallest absolute Gasteiger partial charge is 0.304 e. The third kappa shape index (κ3) is 3.18. The Kier molecular flexibility index (Phi) is 3.64. The molecule has 0 aromatic carbocycles. The van der Waals surface area contributed by atoms with Crippen molar-refractivity contribution in [2.45, 2.75) is 26.8 Å². The number of hydrogen-bond acceptors (Lipinski definition) is 4. The van der Waals surface area contributed by atoms with Crippen LogP contribution in [0.2, 0.25) is 0 Å². The molecule has 0 aliphatic carbocycles. The number of aromatic nitrogens is 1. The number of aliphatic carboxylic acids is 1. The second-order valence-corrected chi connectivity index (χ2v) is 3.07. The van der Waals surface area contributed by atoms with Crippen molar-refractivity contribution in [3.8, 4) is 0 Å². The highest BCUT2D eigenvalue weighted by molar-refractivity contribution is 5.66. The monoisotopic (exact) mass is 198 g/mol. The first kappa shape index (κ1) is 10.7. The van der Waals surface area contributed by atoms with Crippen LogP contribution in [-0.4, -0.2) is 22.6 Å². The number of nitrogens with zero attached hydrogens (tertiary/aromatic N) is 1. The van der Waals surface area contributed by atoms with Gasteiger partial charge in [-0.3, -0.25) is 4.79 Å². The first-order valence-electron chi connectivity index (χ1n) is 4.45. The molecule has 0 saturated carbocycles. The van der Waals surface area contributed by atoms with E-state index in [-0.39, 0.29) is 6.42 Å². The summed E-state index contributed by atoms with van der Waals surface area (Å²) in [6, 6.07) is 0. The fourth-order valence-corrected chi connectivity index (χ4v) is 1.01. The normalized spacial score (nSPS) is 10.4. The lowest BCUT2D eigenvalue weighted by molar-refractivity contribution is -0.136. The summed E-state index contributed by atoms with van der Waals surface area (Å²) in [7, 11) is 0. The molecule has 1 rings (SSSR count). The molecule has 0 atom stereocenters. The largest absolute Gasteiger partial charge is 0.481 e. The first-order valence-corrected chi connectivity index (χ1v) is 4.45. The molecule has 1 aromatic rings. The van der Waals surface area contributed by atoms with Crippen molar-refractivity contribution in [1.29, 1.82) is 0 Å². The molecule has 1 heterocycles. The van der Waals surface area contributed by atoms with Crippen molar-refractivity contribution in [2.75, 3.05) is 6.54 Å². The van der Waals surface area contributed by atoms with E-state index in [0.29, 0.717) is 19.0 Å². The highest BCUT2D eigenvalue weighted by atomic mass is 16.4. The van der Waals surface area contributed by atoms with Gasteiger partial charge in [0, 0.05) is 6.54 Å². The van der Waals surface area contributed by atoms with Gasteiger partial charge in [0.2, 0.25) is 5.89 Å². The van der Waals surface area contributed by atoms with Crippen LogP contribution in [0.25, 0.3) is 0 Å². The summed E-state index contributed by atoms with van der Waals surface area (Å²) in [6.07, 6.45) is 0.110. The average Bonchev–Trinajstić information content (AvgIpc) is 2.40. The lowest BCUT2D eigenvalue weighted by atomic mass is 10.4. The van der Waals surface area contributed by atoms with E-state index in [0.717, 1.165) is 11.5 Å². The van der Waals surface area contributed by atoms with Crippen molar-refractivity contribution in [2.24, 2.45) is 0 Å². The van der Waals surface area contributed by atoms with Gasteiger partial charge >= 0.3 is 5.97 Å². The van der Waals surface area contributed by atoms with Gasteiger partial charge < -0.3 is 14.8 Å². The molecule has 0 saturated heterocycles. The maximum Gasteiger partial charge on any atom is 0.304 e. The van der Waals surface area contributed by atoms with Crippen molar-refractivity contribution in [3.05, 3.63) is 17.3 Å². The molecule has 0 aliphatic rings. The van der Waals surface area contributed by atoms with Gasteiger partial charge in [-0.2, -0.15) is 0 Å². The highest BCUT2D eigenvalue weighted by Gasteiger charge is 2.04. The predicted octanol–water partition coefficient (Wildman–Crippen LogP) is 0.856. The minimum atomic E-state index is -0.808. The zero-order valence-electron chi connectivity index (χ0n) is 8.33. The van der Waals surface area contributed by atoms with Crippen molar-refractivity contribution in [1.82, 2.24) is 10.3 Å². The lowest BCUT2D eigenvalue weighted by Crippen LogP contribution is -2.17. The molecule has 0 fully saturated rings. The summed E-state index contributed by atoms with van der Waals surface area (Å²) in [5, 5.41) is 11.3. The Morgan fingerprint density at radius 1 is 1.57 bits per heavy atom. The van der Waals surface area contributed by atoms with E-state index in [1.807, 2.05) is 13.8 Å². The molecule has 0 radical (unpaired) electrons. The SMILES string of the molecule is Cc1nc(CNCCC(=O)O)oc1C. The number of carboxylic acid groups (broad SMARTS) is 1. The van der Waals surface area contributed by atoms with Crippen LogP contribution >= 0.6 is 0 Å². The van der Waals surface area contributed by atoms with Crippen molar-refractivity contribution >= 4 is 5.97 Å². The number of oxazole rings is 1. The Morgan fingerprint density at radius 2 is 2.29 bits per heavy atom. The van der Waals surface area contributed by atoms with Crippen molar-refractivity contribution in [3.63, 3.8) is 0 Å². The number of aryl methyl sites for hydroxylation is 2. The standard InChI is InChI=1S/C9H14N2O3/c1-6-7(2)14-8(11-6)5-10-4-3-9(12)13/h10H,3-5H2,1-2H3,(H,12,13). The van der Waals surface area contributed by atoms with E-state index in [4.69, 9.17) is 9.52 Å². The second-order valence-electron chi connectivity index (χ2n) is 3.07. The fraction of sp³-hybridized carbons (Fsp3) is 0.556. The number of hydrogen-bond donors (Lipinski definition) is 2. The van der Waals surface area contributed by atoms with E-state index in [1.54, 1.807) is 0 Å². The summed E-state index contributed by atoms with van der Waals surface area (Å²) in [4.78, 5) is 14.3. The molecule has 0 bridgehead atoms. The quantitative estimate of drug-likeness (QED) is 0.686. The molecule has 0 aliphatic heterocycles. The highest BCUT2D eigenvalue weighted by Crippen LogP contribution is 2.07. The van der Waals surface area contributed by atoms with Gasteiger partial charge in [-0.05, 0) is 13.8 Å². The van der Waals surface area contributed by atoms with Gasteiger partial charge in [-0.15, -0.1) is 0 Å². The predicted molar refractivity (Wildman–Crippen MR) is 49.9 cm³/mol. The van der Waals surface area contributed by atoms with Crippen molar-refractivity contribution < 1.29 is 14.3 Å². The number of nitrogens with one attached hydrogen (secondary N) is 1. The minimum absolute atomic E-state index is 0.110. The van der Waals surface area contributed by atoms with Gasteiger partial charge in [0.25, 0.3) is 0 Å². The van der Waals surface area contributed by atoms with E-state index in [2.05, 4.69) is 10.3 Å². The van der Waals surface area contributed by atoms with Gasteiger partial charge in [-0.25, -0.2) is 4.98 Å². The molecule has 0 amide bonds. The third-order valence-corrected chi connectivity index (χ3v) is 1.86. The average molecular weight is 198 g/mol. The van der Waals surface area contributed by atoms with Crippen LogP contribution < -0.4 is 5.32 Å². The minimum Gasteiger partial charge on any atom is -0.481 e. The third-order valence-electron chi connectivity index (χ3n) is 1.86. The summed E-state index contributed by atoms with van der Waals surface area (Å²) in [5.74, 6) is 0.600. The maximum absolute atomic E-state index is 10.2. The van der Waals surface area contributed by atoms with Crippen LogP contribution in [0.5, 0.6) is 0 Å². The Balaban J connectivity index is 2.28. The van der Waals surface area contributed by atoms with Crippen LogP contribution in [0.4, 0.5) is 0 Å². The number of carbonyl (C=O) groups is 1. The zero-order chi connectivity index (χ0) is 10.6. The Morgan fingerprint density at radius 3 is 2.79 bits per heavy atom. The zero-order valence-corrected chi connectivity index (χ0v) is 8.33. The fourth-order valence-electron chi connectivity index (χ4n) is 1.01. The van der Waals surface area contributed by atoms with Gasteiger partial charge in [-0.1, -0.05) is 0 Å². The molecule has 5 nitrogen and oxygen atoms in total. The Labute approximate surface area is 82.1 Å². The number of carboxylic acids is 1. The number of rotatable bonds is 5. The van der Waals surface area contributed by atoms with Crippen LogP contribution in [0, 0.1) is 13.8 Å². The molecule has 0 spiro atoms. The van der Waals surface area contributed by atoms with Gasteiger partial charge in [0.1, 0.15) is 5.76 Å². The Bertz CT molecular complexity index is 300. The summed E-state index contributed by atoms with van der Waals surface area (Å²) in [5.41, 5.74) is 0.875. The van der Waals surface area contributed by atoms with Crippen LogP contribution in [-0.2, 0) is 11.3 Å². The topological polar surface area (TPSA) is 75.4 Å². The van der Waals surface area contributed by atoms with Crippen LogP contribution in [0.1, 0.15) is 23.8 Å². The van der Waals surface area contributed by atoms with Crippen LogP contribution in [0.15, 0.2) is 4.42 Å². The Hall–Kier alpha value is -1.36. The molecule has 0 unspecified atom stereocenters. The molecule has 1 aromatic heterocycles. The molecule has 78 valence electrons. The molecule has 2 N–H and O–H groups in total. The summed E-state index contributed by atoms with van der Waals surface area (Å²) < 4.78 is 5.30. The van der Waals surface area contributed by atoms with E-state index >= 15 is 0 Å². The first-order chi connectivity index (χ1) is 6.59. The summed E-state index contributed by atoms with van der Waals surface area (Å²) in [6.45, 7) is 4.63. The summed E-state index contributed by atoms with van der Waals surface area (Å²) >= 11 is 0. The second kappa shape index (κ2) is 4.76. The molecular weight excluding hydrogens is 184 g/mol. The maximum atomic E-state index is 10.2. The molecule has 14 heavy (non-hydrogen) atoms. The lowest BCUT2D eigenvalue weighted by Gasteiger charge is -1.97.